The monoisotopic (exact) mass is 377 g/mol. The summed E-state index contributed by atoms with van der Waals surface area (Å²) in [5, 5.41) is 2.59. The van der Waals surface area contributed by atoms with Gasteiger partial charge in [-0.1, -0.05) is 18.2 Å². The van der Waals surface area contributed by atoms with Crippen molar-refractivity contribution in [3.8, 4) is 0 Å². The third-order valence-corrected chi connectivity index (χ3v) is 3.29. The summed E-state index contributed by atoms with van der Waals surface area (Å²) in [6, 6.07) is 8.56. The van der Waals surface area contributed by atoms with Crippen LogP contribution in [0.15, 0.2) is 42.2 Å². The summed E-state index contributed by atoms with van der Waals surface area (Å²) >= 11 is 0. The molecule has 1 aromatic rings. The molecule has 0 fully saturated rings. The number of ether oxygens (including phenoxy) is 4. The summed E-state index contributed by atoms with van der Waals surface area (Å²) in [6.45, 7) is 3.41. The van der Waals surface area contributed by atoms with Crippen molar-refractivity contribution in [2.24, 2.45) is 0 Å². The maximum Gasteiger partial charge on any atom is 0.305 e. The van der Waals surface area contributed by atoms with Crippen LogP contribution in [0.25, 0.3) is 0 Å². The average Bonchev–Trinajstić information content (AvgIpc) is 2.57. The number of rotatable bonds is 5. The lowest BCUT2D eigenvalue weighted by atomic mass is 10.1. The van der Waals surface area contributed by atoms with Gasteiger partial charge in [0, 0.05) is 32.5 Å². The van der Waals surface area contributed by atoms with Crippen LogP contribution in [-0.2, 0) is 38.1 Å². The minimum absolute atomic E-state index is 0.250. The van der Waals surface area contributed by atoms with Crippen molar-refractivity contribution in [3.63, 3.8) is 0 Å². The van der Waals surface area contributed by atoms with Crippen LogP contribution in [-0.4, -0.2) is 42.3 Å². The molecule has 9 heteroatoms. The van der Waals surface area contributed by atoms with E-state index in [1.165, 1.54) is 6.08 Å². The van der Waals surface area contributed by atoms with Gasteiger partial charge in [-0.15, -0.1) is 0 Å². The molecule has 1 heterocycles. The molecule has 0 saturated heterocycles. The molecule has 0 aromatic heterocycles. The van der Waals surface area contributed by atoms with Gasteiger partial charge in [0.2, 0.25) is 6.10 Å². The number of amides is 1. The van der Waals surface area contributed by atoms with Gasteiger partial charge in [-0.05, 0) is 12.1 Å². The molecule has 144 valence electrons. The molecule has 3 atom stereocenters. The topological polar surface area (TPSA) is 117 Å². The number of esters is 3. The van der Waals surface area contributed by atoms with E-state index in [9.17, 15) is 19.2 Å². The third kappa shape index (κ3) is 5.84. The molecule has 0 saturated carbocycles. The van der Waals surface area contributed by atoms with Crippen LogP contribution in [0.1, 0.15) is 20.8 Å². The van der Waals surface area contributed by atoms with Gasteiger partial charge in [0.25, 0.3) is 12.2 Å². The maximum atomic E-state index is 12.5. The van der Waals surface area contributed by atoms with Crippen LogP contribution in [0.4, 0.5) is 5.69 Å². The zero-order valence-electron chi connectivity index (χ0n) is 15.0. The molecule has 1 aromatic carbocycles. The Morgan fingerprint density at radius 3 is 2.04 bits per heavy atom. The van der Waals surface area contributed by atoms with Crippen LogP contribution in [0.5, 0.6) is 0 Å². The predicted octanol–water partition coefficient (Wildman–Crippen LogP) is 1.29. The number of hydrogen-bond acceptors (Lipinski definition) is 8. The smallest absolute Gasteiger partial charge is 0.305 e. The first-order valence-corrected chi connectivity index (χ1v) is 8.03. The average molecular weight is 377 g/mol. The largest absolute Gasteiger partial charge is 0.454 e. The number of para-hydroxylation sites is 1. The minimum atomic E-state index is -1.46. The van der Waals surface area contributed by atoms with Gasteiger partial charge in [0.05, 0.1) is 0 Å². The number of nitrogens with one attached hydrogen (secondary N) is 1. The molecule has 1 aliphatic heterocycles. The molecule has 1 aliphatic rings. The van der Waals surface area contributed by atoms with E-state index in [0.717, 1.165) is 20.8 Å². The Kier molecular flexibility index (Phi) is 6.53. The molecule has 0 radical (unpaired) electrons. The highest BCUT2D eigenvalue weighted by atomic mass is 16.7. The molecule has 0 unspecified atom stereocenters. The second kappa shape index (κ2) is 8.84. The molecule has 1 amide bonds. The number of anilines is 1. The quantitative estimate of drug-likeness (QED) is 0.603. The Morgan fingerprint density at radius 1 is 0.889 bits per heavy atom. The lowest BCUT2D eigenvalue weighted by molar-refractivity contribution is -0.221. The lowest BCUT2D eigenvalue weighted by Gasteiger charge is -2.34. The summed E-state index contributed by atoms with van der Waals surface area (Å²) in [7, 11) is 0. The number of hydrogen-bond donors (Lipinski definition) is 1. The first-order valence-electron chi connectivity index (χ1n) is 8.03. The van der Waals surface area contributed by atoms with E-state index in [2.05, 4.69) is 5.32 Å². The Morgan fingerprint density at radius 2 is 1.48 bits per heavy atom. The maximum absolute atomic E-state index is 12.5. The van der Waals surface area contributed by atoms with Gasteiger partial charge in [-0.2, -0.15) is 0 Å². The summed E-state index contributed by atoms with van der Waals surface area (Å²) in [5.41, 5.74) is 0.502. The van der Waals surface area contributed by atoms with Crippen LogP contribution >= 0.6 is 0 Å². The first-order chi connectivity index (χ1) is 12.8. The van der Waals surface area contributed by atoms with Crippen LogP contribution in [0, 0.1) is 0 Å². The Labute approximate surface area is 155 Å². The highest BCUT2D eigenvalue weighted by Crippen LogP contribution is 2.25. The molecule has 0 aliphatic carbocycles. The molecule has 27 heavy (non-hydrogen) atoms. The van der Waals surface area contributed by atoms with Crippen molar-refractivity contribution in [3.05, 3.63) is 42.2 Å². The molecule has 1 N–H and O–H groups in total. The summed E-state index contributed by atoms with van der Waals surface area (Å²) < 4.78 is 20.6. The SMILES string of the molecule is CC(=O)O[C@@H]1OC(C(=O)Nc2ccccc2)=C[C@H](OC(C)=O)[C@H]1OC(C)=O. The summed E-state index contributed by atoms with van der Waals surface area (Å²) in [6.07, 6.45) is -2.71. The first kappa shape index (κ1) is 20.0. The number of benzene rings is 1. The fraction of sp³-hybridized carbons (Fsp3) is 0.333. The zero-order valence-corrected chi connectivity index (χ0v) is 15.0. The zero-order chi connectivity index (χ0) is 20.0. The summed E-state index contributed by atoms with van der Waals surface area (Å²) in [5.74, 6) is -3.02. The van der Waals surface area contributed by atoms with E-state index >= 15 is 0 Å². The molecule has 0 spiro atoms. The van der Waals surface area contributed by atoms with Crippen molar-refractivity contribution in [1.82, 2.24) is 0 Å². The van der Waals surface area contributed by atoms with Gasteiger partial charge >= 0.3 is 17.9 Å². The Balaban J connectivity index is 2.30. The molecule has 2 rings (SSSR count). The second-order valence-electron chi connectivity index (χ2n) is 5.59. The van der Waals surface area contributed by atoms with Crippen molar-refractivity contribution in [2.45, 2.75) is 39.3 Å². The third-order valence-electron chi connectivity index (χ3n) is 3.29. The molecular formula is C18H19NO8. The van der Waals surface area contributed by atoms with Crippen molar-refractivity contribution in [2.75, 3.05) is 5.32 Å². The fourth-order valence-electron chi connectivity index (χ4n) is 2.34. The van der Waals surface area contributed by atoms with Gasteiger partial charge in [-0.3, -0.25) is 19.2 Å². The van der Waals surface area contributed by atoms with Crippen molar-refractivity contribution >= 4 is 29.5 Å². The Bertz CT molecular complexity index is 758. The van der Waals surface area contributed by atoms with E-state index in [-0.39, 0.29) is 5.76 Å². The highest BCUT2D eigenvalue weighted by molar-refractivity contribution is 6.02. The fourth-order valence-corrected chi connectivity index (χ4v) is 2.34. The van der Waals surface area contributed by atoms with Gasteiger partial charge in [0.1, 0.15) is 0 Å². The predicted molar refractivity (Wildman–Crippen MR) is 90.9 cm³/mol. The van der Waals surface area contributed by atoms with E-state index in [1.54, 1.807) is 30.3 Å². The lowest BCUT2D eigenvalue weighted by Crippen LogP contribution is -2.49. The standard InChI is InChI=1S/C18H19NO8/c1-10(20)24-14-9-15(17(23)19-13-7-5-4-6-8-13)27-18(26-12(3)22)16(14)25-11(2)21/h4-9,14,16,18H,1-3H3,(H,19,23)/t14-,16+,18+/m0/s1. The van der Waals surface area contributed by atoms with Gasteiger partial charge < -0.3 is 24.3 Å². The highest BCUT2D eigenvalue weighted by Gasteiger charge is 2.43. The number of carbonyl (C=O) groups excluding carboxylic acids is 4. The summed E-state index contributed by atoms with van der Waals surface area (Å²) in [4.78, 5) is 46.6. The number of carbonyl (C=O) groups is 4. The van der Waals surface area contributed by atoms with Crippen LogP contribution in [0.2, 0.25) is 0 Å². The second-order valence-corrected chi connectivity index (χ2v) is 5.59. The molecule has 0 bridgehead atoms. The normalized spacial score (nSPS) is 21.1. The van der Waals surface area contributed by atoms with Crippen molar-refractivity contribution < 1.29 is 38.1 Å². The van der Waals surface area contributed by atoms with Gasteiger partial charge in [-0.25, -0.2) is 0 Å². The minimum Gasteiger partial charge on any atom is -0.454 e. The van der Waals surface area contributed by atoms with E-state index in [0.29, 0.717) is 5.69 Å². The van der Waals surface area contributed by atoms with E-state index < -0.39 is 42.3 Å². The van der Waals surface area contributed by atoms with Gasteiger partial charge in [0.15, 0.2) is 11.9 Å². The molecular weight excluding hydrogens is 358 g/mol. The van der Waals surface area contributed by atoms with E-state index in [1.807, 2.05) is 0 Å². The Hall–Kier alpha value is -3.36. The molecule has 9 nitrogen and oxygen atoms in total. The van der Waals surface area contributed by atoms with Crippen LogP contribution < -0.4 is 5.32 Å². The van der Waals surface area contributed by atoms with E-state index in [4.69, 9.17) is 18.9 Å². The van der Waals surface area contributed by atoms with Crippen molar-refractivity contribution in [1.29, 1.82) is 0 Å². The van der Waals surface area contributed by atoms with Crippen LogP contribution in [0.3, 0.4) is 0 Å².